The third kappa shape index (κ3) is 4.70. The fraction of sp³-hybridized carbons (Fsp3) is 0.688. The summed E-state index contributed by atoms with van der Waals surface area (Å²) in [4.78, 5) is 32.4. The summed E-state index contributed by atoms with van der Waals surface area (Å²) in [6.45, 7) is 4.33. The molecule has 25 heavy (non-hydrogen) atoms. The van der Waals surface area contributed by atoms with E-state index in [2.05, 4.69) is 15.6 Å². The molecule has 0 radical (unpaired) electrons. The fourth-order valence-corrected chi connectivity index (χ4v) is 3.29. The van der Waals surface area contributed by atoms with Crippen molar-refractivity contribution in [2.24, 2.45) is 0 Å². The van der Waals surface area contributed by atoms with Crippen molar-refractivity contribution in [2.75, 3.05) is 46.4 Å². The number of hydrogen-bond donors (Lipinski definition) is 2. The molecule has 0 aromatic carbocycles. The van der Waals surface area contributed by atoms with E-state index in [0.29, 0.717) is 52.4 Å². The lowest BCUT2D eigenvalue weighted by Gasteiger charge is -2.28. The summed E-state index contributed by atoms with van der Waals surface area (Å²) in [5.74, 6) is 0.00531. The maximum Gasteiger partial charge on any atom is 0.317 e. The molecule has 9 nitrogen and oxygen atoms in total. The average Bonchev–Trinajstić information content (AvgIpc) is 3.25. The first-order valence-corrected chi connectivity index (χ1v) is 8.70. The second-order valence-corrected chi connectivity index (χ2v) is 6.53. The monoisotopic (exact) mass is 350 g/mol. The van der Waals surface area contributed by atoms with Crippen LogP contribution in [0.4, 0.5) is 4.79 Å². The number of amides is 3. The molecule has 2 saturated heterocycles. The van der Waals surface area contributed by atoms with E-state index in [4.69, 9.17) is 4.74 Å². The molecule has 138 valence electrons. The minimum absolute atomic E-state index is 0.00531. The van der Waals surface area contributed by atoms with E-state index < -0.39 is 0 Å². The third-order valence-electron chi connectivity index (χ3n) is 4.71. The Kier molecular flexibility index (Phi) is 5.87. The predicted molar refractivity (Wildman–Crippen MR) is 91.0 cm³/mol. The van der Waals surface area contributed by atoms with Crippen LogP contribution in [0.2, 0.25) is 0 Å². The molecule has 0 aliphatic carbocycles. The largest absolute Gasteiger partial charge is 0.378 e. The highest BCUT2D eigenvalue weighted by molar-refractivity contribution is 5.82. The van der Waals surface area contributed by atoms with E-state index in [1.54, 1.807) is 17.4 Å². The number of nitrogens with zero attached hydrogens (tertiary/aromatic N) is 4. The van der Waals surface area contributed by atoms with Gasteiger partial charge >= 0.3 is 6.03 Å². The zero-order valence-electron chi connectivity index (χ0n) is 14.6. The maximum absolute atomic E-state index is 12.4. The number of rotatable bonds is 5. The van der Waals surface area contributed by atoms with Crippen LogP contribution in [0.1, 0.15) is 6.42 Å². The smallest absolute Gasteiger partial charge is 0.317 e. The van der Waals surface area contributed by atoms with Gasteiger partial charge in [-0.25, -0.2) is 9.78 Å². The molecule has 2 aliphatic heterocycles. The molecular weight excluding hydrogens is 324 g/mol. The first-order valence-electron chi connectivity index (χ1n) is 8.70. The Hall–Kier alpha value is -2.13. The molecule has 0 bridgehead atoms. The minimum Gasteiger partial charge on any atom is -0.378 e. The second-order valence-electron chi connectivity index (χ2n) is 6.53. The molecular formula is C16H26N6O3. The highest BCUT2D eigenvalue weighted by Crippen LogP contribution is 2.16. The van der Waals surface area contributed by atoms with Gasteiger partial charge < -0.3 is 24.8 Å². The summed E-state index contributed by atoms with van der Waals surface area (Å²) in [7, 11) is 1.92. The molecule has 1 aromatic heterocycles. The predicted octanol–water partition coefficient (Wildman–Crippen LogP) is -0.886. The van der Waals surface area contributed by atoms with E-state index in [0.717, 1.165) is 0 Å². The number of carbonyl (C=O) groups is 2. The highest BCUT2D eigenvalue weighted by Gasteiger charge is 2.35. The number of morpholine rings is 1. The Labute approximate surface area is 147 Å². The molecule has 1 aromatic rings. The molecule has 2 aliphatic rings. The van der Waals surface area contributed by atoms with Crippen LogP contribution in [0.25, 0.3) is 0 Å². The van der Waals surface area contributed by atoms with Gasteiger partial charge in [0, 0.05) is 51.2 Å². The quantitative estimate of drug-likeness (QED) is 0.719. The standard InChI is InChI=1S/C16H26N6O3/c1-20-11-13(19-16(24)22-6-8-25-9-7-22)10-14(20)15(23)18-3-5-21-4-2-17-12-21/h2,4,12-14H,3,5-11H2,1H3,(H,18,23)(H,19,24)/t13-,14-/m0/s1. The summed E-state index contributed by atoms with van der Waals surface area (Å²) < 4.78 is 7.18. The van der Waals surface area contributed by atoms with Crippen LogP contribution in [0.5, 0.6) is 0 Å². The lowest BCUT2D eigenvalue weighted by Crippen LogP contribution is -2.49. The van der Waals surface area contributed by atoms with Crippen LogP contribution in [-0.2, 0) is 16.1 Å². The fourth-order valence-electron chi connectivity index (χ4n) is 3.29. The molecule has 3 rings (SSSR count). The van der Waals surface area contributed by atoms with E-state index >= 15 is 0 Å². The van der Waals surface area contributed by atoms with Gasteiger partial charge in [-0.2, -0.15) is 0 Å². The van der Waals surface area contributed by atoms with Gasteiger partial charge in [0.15, 0.2) is 0 Å². The summed E-state index contributed by atoms with van der Waals surface area (Å²) in [5, 5.41) is 6.00. The molecule has 0 saturated carbocycles. The van der Waals surface area contributed by atoms with Crippen LogP contribution < -0.4 is 10.6 Å². The number of likely N-dealkylation sites (N-methyl/N-ethyl adjacent to an activating group) is 1. The van der Waals surface area contributed by atoms with Crippen LogP contribution in [-0.4, -0.2) is 89.8 Å². The van der Waals surface area contributed by atoms with Gasteiger partial charge in [-0.1, -0.05) is 0 Å². The first kappa shape index (κ1) is 17.7. The lowest BCUT2D eigenvalue weighted by atomic mass is 10.1. The molecule has 3 heterocycles. The summed E-state index contributed by atoms with van der Waals surface area (Å²) in [6, 6.07) is -0.287. The summed E-state index contributed by atoms with van der Waals surface area (Å²) in [5.41, 5.74) is 0. The Bertz CT molecular complexity index is 572. The zero-order chi connectivity index (χ0) is 17.6. The highest BCUT2D eigenvalue weighted by atomic mass is 16.5. The molecule has 9 heteroatoms. The number of carbonyl (C=O) groups excluding carboxylic acids is 2. The van der Waals surface area contributed by atoms with Gasteiger partial charge in [0.25, 0.3) is 0 Å². The second kappa shape index (κ2) is 8.30. The van der Waals surface area contributed by atoms with E-state index in [1.165, 1.54) is 0 Å². The Balaban J connectivity index is 1.42. The number of ether oxygens (including phenoxy) is 1. The van der Waals surface area contributed by atoms with Gasteiger partial charge in [-0.3, -0.25) is 9.69 Å². The molecule has 2 N–H and O–H groups in total. The first-order chi connectivity index (χ1) is 12.1. The van der Waals surface area contributed by atoms with E-state index in [9.17, 15) is 9.59 Å². The van der Waals surface area contributed by atoms with Gasteiger partial charge in [0.05, 0.1) is 25.6 Å². The van der Waals surface area contributed by atoms with Crippen molar-refractivity contribution < 1.29 is 14.3 Å². The molecule has 0 spiro atoms. The van der Waals surface area contributed by atoms with E-state index in [-0.39, 0.29) is 24.0 Å². The van der Waals surface area contributed by atoms with Crippen molar-refractivity contribution in [3.8, 4) is 0 Å². The Morgan fingerprint density at radius 3 is 2.84 bits per heavy atom. The average molecular weight is 350 g/mol. The topological polar surface area (TPSA) is 91.7 Å². The van der Waals surface area contributed by atoms with Crippen LogP contribution >= 0.6 is 0 Å². The number of urea groups is 1. The Morgan fingerprint density at radius 2 is 2.12 bits per heavy atom. The van der Waals surface area contributed by atoms with Crippen molar-refractivity contribution in [3.05, 3.63) is 18.7 Å². The summed E-state index contributed by atoms with van der Waals surface area (Å²) in [6.07, 6.45) is 5.94. The van der Waals surface area contributed by atoms with E-state index in [1.807, 2.05) is 22.7 Å². The minimum atomic E-state index is -0.210. The van der Waals surface area contributed by atoms with Gasteiger partial charge in [-0.15, -0.1) is 0 Å². The molecule has 2 atom stereocenters. The number of aromatic nitrogens is 2. The van der Waals surface area contributed by atoms with Crippen LogP contribution in [0.15, 0.2) is 18.7 Å². The van der Waals surface area contributed by atoms with Crippen LogP contribution in [0.3, 0.4) is 0 Å². The maximum atomic E-state index is 12.4. The van der Waals surface area contributed by atoms with Gasteiger partial charge in [-0.05, 0) is 13.5 Å². The van der Waals surface area contributed by atoms with Crippen molar-refractivity contribution in [3.63, 3.8) is 0 Å². The van der Waals surface area contributed by atoms with Gasteiger partial charge in [0.1, 0.15) is 0 Å². The number of likely N-dealkylation sites (tertiary alicyclic amines) is 1. The van der Waals surface area contributed by atoms with Gasteiger partial charge in [0.2, 0.25) is 5.91 Å². The number of imidazole rings is 1. The summed E-state index contributed by atoms with van der Waals surface area (Å²) >= 11 is 0. The van der Waals surface area contributed by atoms with Crippen molar-refractivity contribution in [1.82, 2.24) is 30.0 Å². The Morgan fingerprint density at radius 1 is 1.32 bits per heavy atom. The third-order valence-corrected chi connectivity index (χ3v) is 4.71. The van der Waals surface area contributed by atoms with Crippen molar-refractivity contribution in [1.29, 1.82) is 0 Å². The molecule has 2 fully saturated rings. The normalized spacial score (nSPS) is 24.3. The lowest BCUT2D eigenvalue weighted by molar-refractivity contribution is -0.125. The van der Waals surface area contributed by atoms with Crippen molar-refractivity contribution >= 4 is 11.9 Å². The number of nitrogens with one attached hydrogen (secondary N) is 2. The number of hydrogen-bond acceptors (Lipinski definition) is 5. The van der Waals surface area contributed by atoms with Crippen molar-refractivity contribution in [2.45, 2.75) is 25.0 Å². The van der Waals surface area contributed by atoms with Crippen LogP contribution in [0, 0.1) is 0 Å². The molecule has 3 amide bonds. The SMILES string of the molecule is CN1C[C@@H](NC(=O)N2CCOCC2)C[C@H]1C(=O)NCCn1ccnc1. The zero-order valence-corrected chi connectivity index (χ0v) is 14.6. The molecule has 0 unspecified atom stereocenters.